The molecule has 2 aromatic heterocycles. The summed E-state index contributed by atoms with van der Waals surface area (Å²) >= 11 is 0. The molecule has 138 valence electrons. The van der Waals surface area contributed by atoms with E-state index in [1.807, 2.05) is 13.0 Å². The number of aromatic nitrogens is 4. The van der Waals surface area contributed by atoms with Crippen molar-refractivity contribution in [1.29, 1.82) is 0 Å². The smallest absolute Gasteiger partial charge is 0.387 e. The molecule has 0 saturated heterocycles. The molecule has 2 heterocycles. The van der Waals surface area contributed by atoms with Crippen molar-refractivity contribution in [2.24, 2.45) is 5.41 Å². The number of halogens is 2. The van der Waals surface area contributed by atoms with Crippen molar-refractivity contribution >= 4 is 11.6 Å². The minimum atomic E-state index is -2.84. The van der Waals surface area contributed by atoms with Crippen LogP contribution in [0.2, 0.25) is 0 Å². The molecule has 26 heavy (non-hydrogen) atoms. The molecule has 1 atom stereocenters. The van der Waals surface area contributed by atoms with E-state index in [-0.39, 0.29) is 17.2 Å². The van der Waals surface area contributed by atoms with E-state index in [2.05, 4.69) is 45.9 Å². The summed E-state index contributed by atoms with van der Waals surface area (Å²) in [5.74, 6) is 1.41. The molecule has 1 aromatic carbocycles. The first-order valence-electron chi connectivity index (χ1n) is 8.23. The van der Waals surface area contributed by atoms with Crippen LogP contribution in [0.3, 0.4) is 0 Å². The Kier molecular flexibility index (Phi) is 4.76. The van der Waals surface area contributed by atoms with E-state index >= 15 is 0 Å². The van der Waals surface area contributed by atoms with Crippen LogP contribution in [0, 0.1) is 12.3 Å². The molecule has 0 amide bonds. The maximum Gasteiger partial charge on any atom is 0.387 e. The molecule has 0 fully saturated rings. The lowest BCUT2D eigenvalue weighted by atomic mass is 9.82. The second-order valence-corrected chi connectivity index (χ2v) is 7.15. The van der Waals surface area contributed by atoms with Crippen molar-refractivity contribution in [3.05, 3.63) is 47.9 Å². The van der Waals surface area contributed by atoms with Crippen molar-refractivity contribution in [1.82, 2.24) is 19.6 Å². The predicted octanol–water partition coefficient (Wildman–Crippen LogP) is 4.23. The zero-order valence-corrected chi connectivity index (χ0v) is 15.1. The fraction of sp³-hybridized carbons (Fsp3) is 0.389. The summed E-state index contributed by atoms with van der Waals surface area (Å²) in [5, 5.41) is 7.71. The number of anilines is 1. The fourth-order valence-corrected chi connectivity index (χ4v) is 2.82. The first-order chi connectivity index (χ1) is 12.2. The molecule has 0 spiro atoms. The Hall–Kier alpha value is -2.77. The Labute approximate surface area is 150 Å². The zero-order valence-electron chi connectivity index (χ0n) is 15.1. The highest BCUT2D eigenvalue weighted by atomic mass is 19.3. The van der Waals surface area contributed by atoms with E-state index in [1.54, 1.807) is 28.8 Å². The Morgan fingerprint density at radius 2 is 1.85 bits per heavy atom. The van der Waals surface area contributed by atoms with Gasteiger partial charge in [0.2, 0.25) is 0 Å². The van der Waals surface area contributed by atoms with E-state index in [1.165, 1.54) is 6.33 Å². The van der Waals surface area contributed by atoms with Gasteiger partial charge < -0.3 is 10.1 Å². The molecular weight excluding hydrogens is 340 g/mol. The van der Waals surface area contributed by atoms with Crippen LogP contribution in [0.4, 0.5) is 14.6 Å². The lowest BCUT2D eigenvalue weighted by Gasteiger charge is -2.33. The van der Waals surface area contributed by atoms with Crippen molar-refractivity contribution < 1.29 is 13.5 Å². The number of hydrogen-bond acceptors (Lipinski definition) is 5. The van der Waals surface area contributed by atoms with Crippen LogP contribution in [0.5, 0.6) is 5.75 Å². The number of alkyl halides is 2. The van der Waals surface area contributed by atoms with Gasteiger partial charge in [0.15, 0.2) is 0 Å². The first-order valence-corrected chi connectivity index (χ1v) is 8.23. The number of fused-ring (bicyclic) bond motifs is 1. The molecule has 0 bridgehead atoms. The Bertz CT molecular complexity index is 887. The second kappa shape index (κ2) is 6.86. The van der Waals surface area contributed by atoms with E-state index in [0.29, 0.717) is 5.78 Å². The maximum absolute atomic E-state index is 12.4. The van der Waals surface area contributed by atoms with E-state index in [9.17, 15) is 8.78 Å². The fourth-order valence-electron chi connectivity index (χ4n) is 2.82. The Morgan fingerprint density at radius 1 is 1.15 bits per heavy atom. The van der Waals surface area contributed by atoms with Gasteiger partial charge in [-0.05, 0) is 30.0 Å². The number of rotatable bonds is 5. The molecular formula is C18H21F2N5O. The zero-order chi connectivity index (χ0) is 18.9. The van der Waals surface area contributed by atoms with Crippen LogP contribution < -0.4 is 10.1 Å². The molecule has 0 aliphatic carbocycles. The number of nitrogens with zero attached hydrogens (tertiary/aromatic N) is 4. The van der Waals surface area contributed by atoms with Gasteiger partial charge in [0.1, 0.15) is 17.9 Å². The Balaban J connectivity index is 1.95. The lowest BCUT2D eigenvalue weighted by molar-refractivity contribution is -0.0498. The third-order valence-corrected chi connectivity index (χ3v) is 3.98. The quantitative estimate of drug-likeness (QED) is 0.737. The van der Waals surface area contributed by atoms with Gasteiger partial charge in [-0.1, -0.05) is 32.9 Å². The van der Waals surface area contributed by atoms with Gasteiger partial charge in [-0.25, -0.2) is 4.98 Å². The average molecular weight is 361 g/mol. The minimum Gasteiger partial charge on any atom is -0.435 e. The number of benzene rings is 1. The molecule has 0 aliphatic heterocycles. The van der Waals surface area contributed by atoms with Crippen molar-refractivity contribution in [3.63, 3.8) is 0 Å². The van der Waals surface area contributed by atoms with Gasteiger partial charge in [-0.2, -0.15) is 23.4 Å². The predicted molar refractivity (Wildman–Crippen MR) is 94.4 cm³/mol. The molecule has 3 aromatic rings. The third-order valence-electron chi connectivity index (χ3n) is 3.98. The van der Waals surface area contributed by atoms with Gasteiger partial charge in [-0.15, -0.1) is 0 Å². The molecule has 8 heteroatoms. The number of hydrogen-bond donors (Lipinski definition) is 1. The monoisotopic (exact) mass is 361 g/mol. The number of nitrogens with one attached hydrogen (secondary N) is 1. The van der Waals surface area contributed by atoms with Crippen LogP contribution >= 0.6 is 0 Å². The maximum atomic E-state index is 12.4. The molecule has 0 saturated carbocycles. The van der Waals surface area contributed by atoms with Gasteiger partial charge in [0.25, 0.3) is 5.78 Å². The largest absolute Gasteiger partial charge is 0.435 e. The highest BCUT2D eigenvalue weighted by Gasteiger charge is 2.27. The van der Waals surface area contributed by atoms with Crippen LogP contribution in [0.15, 0.2) is 36.7 Å². The molecule has 0 radical (unpaired) electrons. The lowest BCUT2D eigenvalue weighted by Crippen LogP contribution is -2.27. The highest BCUT2D eigenvalue weighted by molar-refractivity contribution is 5.47. The van der Waals surface area contributed by atoms with Crippen molar-refractivity contribution in [3.8, 4) is 5.75 Å². The summed E-state index contributed by atoms with van der Waals surface area (Å²) in [6, 6.07) is 8.46. The van der Waals surface area contributed by atoms with E-state index in [0.717, 1.165) is 17.1 Å². The highest BCUT2D eigenvalue weighted by Crippen LogP contribution is 2.36. The number of ether oxygens (including phenoxy) is 1. The molecule has 6 nitrogen and oxygen atoms in total. The normalized spacial score (nSPS) is 13.2. The van der Waals surface area contributed by atoms with Crippen molar-refractivity contribution in [2.45, 2.75) is 40.3 Å². The summed E-state index contributed by atoms with van der Waals surface area (Å²) in [7, 11) is 0. The average Bonchev–Trinajstić information content (AvgIpc) is 3.00. The topological polar surface area (TPSA) is 64.3 Å². The Morgan fingerprint density at radius 3 is 2.46 bits per heavy atom. The van der Waals surface area contributed by atoms with Gasteiger partial charge in [-0.3, -0.25) is 0 Å². The summed E-state index contributed by atoms with van der Waals surface area (Å²) in [5.41, 5.74) is 1.61. The van der Waals surface area contributed by atoms with E-state index < -0.39 is 6.61 Å². The standard InChI is InChI=1S/C18H21F2N5O/c1-11-9-14(25-17(23-11)21-10-22-25)24-15(18(2,3)4)12-5-7-13(8-6-12)26-16(19)20/h5-10,15-16,24H,1-4H3/t15-/m0/s1. The van der Waals surface area contributed by atoms with Crippen LogP contribution in [-0.2, 0) is 0 Å². The van der Waals surface area contributed by atoms with Crippen LogP contribution in [0.25, 0.3) is 5.78 Å². The molecule has 0 unspecified atom stereocenters. The number of aryl methyl sites for hydroxylation is 1. The third kappa shape index (κ3) is 3.89. The van der Waals surface area contributed by atoms with Gasteiger partial charge >= 0.3 is 6.61 Å². The van der Waals surface area contributed by atoms with E-state index in [4.69, 9.17) is 0 Å². The van der Waals surface area contributed by atoms with Crippen LogP contribution in [-0.4, -0.2) is 26.2 Å². The summed E-state index contributed by atoms with van der Waals surface area (Å²) < 4.78 is 30.8. The van der Waals surface area contributed by atoms with Gasteiger partial charge in [0.05, 0.1) is 6.04 Å². The SMILES string of the molecule is Cc1cc(N[C@@H](c2ccc(OC(F)F)cc2)C(C)(C)C)n2ncnc2n1. The first kappa shape index (κ1) is 18.0. The molecule has 1 N–H and O–H groups in total. The molecule has 3 rings (SSSR count). The van der Waals surface area contributed by atoms with Crippen LogP contribution in [0.1, 0.15) is 38.1 Å². The van der Waals surface area contributed by atoms with Gasteiger partial charge in [0, 0.05) is 11.8 Å². The summed E-state index contributed by atoms with van der Waals surface area (Å²) in [4.78, 5) is 8.47. The second-order valence-electron chi connectivity index (χ2n) is 7.15. The summed E-state index contributed by atoms with van der Waals surface area (Å²) in [6.45, 7) is 5.35. The van der Waals surface area contributed by atoms with Crippen molar-refractivity contribution in [2.75, 3.05) is 5.32 Å². The minimum absolute atomic E-state index is 0.0997. The summed E-state index contributed by atoms with van der Waals surface area (Å²) in [6.07, 6.45) is 1.45. The molecule has 0 aliphatic rings.